The molecule has 3 fully saturated rings. The number of carbonyl (C=O) groups is 4. The van der Waals surface area contributed by atoms with Crippen molar-refractivity contribution in [3.63, 3.8) is 0 Å². The topological polar surface area (TPSA) is 284 Å². The van der Waals surface area contributed by atoms with Gasteiger partial charge in [0, 0.05) is 47.5 Å². The van der Waals surface area contributed by atoms with E-state index in [-0.39, 0.29) is 36.5 Å². The van der Waals surface area contributed by atoms with Crippen LogP contribution in [-0.4, -0.2) is 184 Å². The van der Waals surface area contributed by atoms with Gasteiger partial charge in [0.05, 0.1) is 30.6 Å². The van der Waals surface area contributed by atoms with E-state index in [1.54, 1.807) is 11.0 Å². The van der Waals surface area contributed by atoms with Gasteiger partial charge < -0.3 is 59.2 Å². The third kappa shape index (κ3) is 9.07. The summed E-state index contributed by atoms with van der Waals surface area (Å²) in [6.07, 6.45) is -9.81. The third-order valence-electron chi connectivity index (χ3n) is 10.6. The zero-order valence-corrected chi connectivity index (χ0v) is 32.8. The van der Waals surface area contributed by atoms with Crippen LogP contribution in [0.3, 0.4) is 0 Å². The van der Waals surface area contributed by atoms with E-state index in [1.165, 1.54) is 39.7 Å². The van der Waals surface area contributed by atoms with Gasteiger partial charge in [-0.25, -0.2) is 25.2 Å². The molecule has 3 aliphatic heterocycles. The minimum atomic E-state index is -1.87. The van der Waals surface area contributed by atoms with Crippen molar-refractivity contribution in [2.24, 2.45) is 5.92 Å². The number of aromatic nitrogens is 3. The highest BCUT2D eigenvalue weighted by molar-refractivity contribution is 5.95. The van der Waals surface area contributed by atoms with Gasteiger partial charge in [0.2, 0.25) is 11.8 Å². The van der Waals surface area contributed by atoms with Gasteiger partial charge in [-0.15, -0.1) is 6.58 Å². The number of ether oxygens (including phenoxy) is 5. The number of methoxy groups -OCH3 is 2. The van der Waals surface area contributed by atoms with Crippen LogP contribution < -0.4 is 15.6 Å². The molecule has 5 rings (SSSR count). The summed E-state index contributed by atoms with van der Waals surface area (Å²) >= 11 is 0. The number of nitriles is 1. The summed E-state index contributed by atoms with van der Waals surface area (Å²) in [6.45, 7) is 6.88. The number of likely N-dealkylation sites (N-methyl/N-ethyl adjacent to an activating group) is 1. The van der Waals surface area contributed by atoms with Crippen molar-refractivity contribution >= 4 is 40.6 Å². The molecular formula is C36H51N9O13. The van der Waals surface area contributed by atoms with E-state index in [1.807, 2.05) is 18.0 Å². The number of aliphatic hydroxyl groups is 4. The summed E-state index contributed by atoms with van der Waals surface area (Å²) in [4.78, 5) is 65.1. The number of fused-ring (bicyclic) bond motifs is 1. The monoisotopic (exact) mass is 817 g/mol. The van der Waals surface area contributed by atoms with E-state index >= 15 is 0 Å². The summed E-state index contributed by atoms with van der Waals surface area (Å²) < 4.78 is 29.3. The number of nitrogens with zero attached hydrogens (tertiary/aromatic N) is 7. The molecule has 2 aromatic rings. The molecule has 4 unspecified atom stereocenters. The number of hydrogen-bond acceptors (Lipinski definition) is 17. The van der Waals surface area contributed by atoms with E-state index in [0.29, 0.717) is 30.7 Å². The maximum atomic E-state index is 14.2. The lowest BCUT2D eigenvalue weighted by Crippen LogP contribution is -2.69. The Bertz CT molecular complexity index is 1840. The maximum Gasteiger partial charge on any atom is 0.346 e. The molecular weight excluding hydrogens is 766 g/mol. The summed E-state index contributed by atoms with van der Waals surface area (Å²) in [5.41, 5.74) is 2.70. The van der Waals surface area contributed by atoms with Crippen molar-refractivity contribution in [2.75, 3.05) is 52.4 Å². The molecule has 12 atom stereocenters. The van der Waals surface area contributed by atoms with E-state index in [0.717, 1.165) is 9.58 Å². The molecule has 22 nitrogen and oxygen atoms in total. The molecule has 0 saturated carbocycles. The van der Waals surface area contributed by atoms with Gasteiger partial charge in [-0.2, -0.15) is 5.26 Å². The highest BCUT2D eigenvalue weighted by Crippen LogP contribution is 2.32. The quantitative estimate of drug-likeness (QED) is 0.0960. The molecule has 5 heterocycles. The number of amides is 4. The molecule has 3 aliphatic rings. The van der Waals surface area contributed by atoms with Gasteiger partial charge >= 0.3 is 6.03 Å². The van der Waals surface area contributed by atoms with Crippen molar-refractivity contribution < 1.29 is 63.3 Å². The van der Waals surface area contributed by atoms with Gasteiger partial charge in [0.25, 0.3) is 5.91 Å². The molecule has 4 amide bonds. The predicted octanol–water partition coefficient (Wildman–Crippen LogP) is -2.42. The van der Waals surface area contributed by atoms with E-state index in [9.17, 15) is 39.6 Å². The first kappa shape index (κ1) is 44.3. The first-order valence-corrected chi connectivity index (χ1v) is 18.6. The largest absolute Gasteiger partial charge is 0.394 e. The second-order valence-corrected chi connectivity index (χ2v) is 14.3. The van der Waals surface area contributed by atoms with Crippen LogP contribution in [0.1, 0.15) is 26.7 Å². The number of hydrazine groups is 1. The molecule has 0 radical (unpaired) electrons. The van der Waals surface area contributed by atoms with E-state index in [2.05, 4.69) is 34.2 Å². The van der Waals surface area contributed by atoms with Crippen LogP contribution >= 0.6 is 0 Å². The number of likely N-dealkylation sites (tertiary alicyclic amines) is 1. The summed E-state index contributed by atoms with van der Waals surface area (Å²) in [5.74, 6) is -1.13. The fraction of sp³-hybridized carbons (Fsp3) is 0.639. The summed E-state index contributed by atoms with van der Waals surface area (Å²) in [6, 6.07) is 1.33. The average molecular weight is 818 g/mol. The molecule has 0 bridgehead atoms. The predicted molar refractivity (Wildman–Crippen MR) is 199 cm³/mol. The molecule has 2 aromatic heterocycles. The Hall–Kier alpha value is -4.83. The molecule has 3 saturated heterocycles. The third-order valence-corrected chi connectivity index (χ3v) is 10.6. The highest BCUT2D eigenvalue weighted by atomic mass is 16.7. The fourth-order valence-electron chi connectivity index (χ4n) is 7.53. The van der Waals surface area contributed by atoms with Gasteiger partial charge in [-0.3, -0.25) is 19.0 Å². The van der Waals surface area contributed by atoms with Crippen LogP contribution in [0, 0.1) is 17.2 Å². The fourth-order valence-corrected chi connectivity index (χ4v) is 7.53. The maximum absolute atomic E-state index is 14.2. The van der Waals surface area contributed by atoms with E-state index in [4.69, 9.17) is 28.9 Å². The molecule has 0 aliphatic carbocycles. The second kappa shape index (κ2) is 19.3. The Morgan fingerprint density at radius 3 is 2.48 bits per heavy atom. The minimum Gasteiger partial charge on any atom is -0.394 e. The van der Waals surface area contributed by atoms with E-state index < -0.39 is 85.8 Å². The standard InChI is InChI=1S/C36H51N9O13/c1-7-12-45(41-36(53)44-14-10-20-31(38-17-39-32(20)44)42(4)21-15-43(13-9-18(21)2)23(48)8-11-37)33(52)30-29(54-5)26(50)27(51)35(58-30)57-28-24(40-19(3)47)34(55-6)56-22(16-46)25(28)49/h7,10,14,17-18,21-22,24-30,34-35,46,49-51H,1,8-9,12-13,15-16H2,2-6H3,(H,40,47)(H,41,53)/t18-,21+,22?,24?,25-,26-,27?,28-,29+,30?,34-,35-/m1/s1. The number of anilines is 1. The first-order chi connectivity index (χ1) is 27.7. The lowest BCUT2D eigenvalue weighted by molar-refractivity contribution is -0.339. The summed E-state index contributed by atoms with van der Waals surface area (Å²) in [7, 11) is 4.25. The molecule has 6 N–H and O–H groups in total. The van der Waals surface area contributed by atoms with Crippen LogP contribution in [0.5, 0.6) is 0 Å². The van der Waals surface area contributed by atoms with Crippen LogP contribution in [0.15, 0.2) is 31.2 Å². The Balaban J connectivity index is 1.37. The molecule has 318 valence electrons. The lowest BCUT2D eigenvalue weighted by atomic mass is 9.92. The summed E-state index contributed by atoms with van der Waals surface area (Å²) in [5, 5.41) is 56.1. The van der Waals surface area contributed by atoms with Crippen LogP contribution in [0.4, 0.5) is 10.6 Å². The van der Waals surface area contributed by atoms with Crippen LogP contribution in [-0.2, 0) is 38.1 Å². The minimum absolute atomic E-state index is 0.160. The van der Waals surface area contributed by atoms with Crippen molar-refractivity contribution in [2.45, 2.75) is 94.1 Å². The normalized spacial score (nSPS) is 31.2. The van der Waals surface area contributed by atoms with Gasteiger partial charge in [0.1, 0.15) is 61.2 Å². The second-order valence-electron chi connectivity index (χ2n) is 14.3. The number of piperidine rings is 1. The van der Waals surface area contributed by atoms with Gasteiger partial charge in [-0.05, 0) is 18.4 Å². The first-order valence-electron chi connectivity index (χ1n) is 18.6. The number of hydrogen-bond donors (Lipinski definition) is 6. The van der Waals surface area contributed by atoms with Crippen molar-refractivity contribution in [3.8, 4) is 6.07 Å². The molecule has 22 heteroatoms. The van der Waals surface area contributed by atoms with Crippen molar-refractivity contribution in [1.29, 1.82) is 5.26 Å². The average Bonchev–Trinajstić information content (AvgIpc) is 3.65. The Morgan fingerprint density at radius 2 is 1.84 bits per heavy atom. The van der Waals surface area contributed by atoms with Crippen molar-refractivity contribution in [3.05, 3.63) is 31.2 Å². The zero-order chi connectivity index (χ0) is 42.4. The zero-order valence-electron chi connectivity index (χ0n) is 32.8. The lowest BCUT2D eigenvalue weighted by Gasteiger charge is -2.47. The van der Waals surface area contributed by atoms with Crippen molar-refractivity contribution in [1.82, 2.24) is 35.2 Å². The smallest absolute Gasteiger partial charge is 0.346 e. The highest BCUT2D eigenvalue weighted by Gasteiger charge is 2.54. The van der Waals surface area contributed by atoms with Crippen LogP contribution in [0.25, 0.3) is 11.0 Å². The van der Waals surface area contributed by atoms with Crippen LogP contribution in [0.2, 0.25) is 0 Å². The van der Waals surface area contributed by atoms with Gasteiger partial charge in [0.15, 0.2) is 24.3 Å². The number of aliphatic hydroxyl groups excluding tert-OH is 4. The molecule has 0 spiro atoms. The van der Waals surface area contributed by atoms with Gasteiger partial charge in [-0.1, -0.05) is 13.0 Å². The number of rotatable bonds is 12. The SMILES string of the molecule is C=CCN(NC(=O)n1ccc2c(N(C)[C@H]3CN(C(=O)CC#N)CC[C@H]3C)ncnc21)C(=O)C1O[C@@H](O[C@@H]2C(NC(C)=O)[C@H](OC)OC(CO)[C@H]2O)C(O)[C@@H](O)[C@@H]1OC. The molecule has 0 aromatic carbocycles. The molecule has 58 heavy (non-hydrogen) atoms. The Kier molecular flexibility index (Phi) is 14.7. The number of nitrogens with one attached hydrogen (secondary N) is 2. The Labute approximate surface area is 333 Å². The Morgan fingerprint density at radius 1 is 1.10 bits per heavy atom. The number of carbonyl (C=O) groups excluding carboxylic acids is 4.